The summed E-state index contributed by atoms with van der Waals surface area (Å²) in [6, 6.07) is 2.27. The van der Waals surface area contributed by atoms with Crippen molar-refractivity contribution in [2.75, 3.05) is 0 Å². The average Bonchev–Trinajstić information content (AvgIpc) is 2.47. The van der Waals surface area contributed by atoms with Crippen molar-refractivity contribution in [2.24, 2.45) is 0 Å². The van der Waals surface area contributed by atoms with Crippen molar-refractivity contribution in [3.8, 4) is 0 Å². The van der Waals surface area contributed by atoms with Crippen molar-refractivity contribution in [3.05, 3.63) is 21.9 Å². The topological polar surface area (TPSA) is 32.3 Å². The highest BCUT2D eigenvalue weighted by Gasteiger charge is 2.08. The van der Waals surface area contributed by atoms with E-state index in [-0.39, 0.29) is 12.1 Å². The molecule has 0 bridgehead atoms. The zero-order valence-corrected chi connectivity index (χ0v) is 9.19. The molecule has 0 saturated heterocycles. The summed E-state index contributed by atoms with van der Waals surface area (Å²) in [5, 5.41) is 14.6. The second-order valence-corrected chi connectivity index (χ2v) is 4.44. The fourth-order valence-corrected chi connectivity index (χ4v) is 1.87. The highest BCUT2D eigenvalue weighted by molar-refractivity contribution is 7.10. The Kier molecular flexibility index (Phi) is 3.90. The van der Waals surface area contributed by atoms with E-state index in [2.05, 4.69) is 23.7 Å². The fourth-order valence-electron chi connectivity index (χ4n) is 1.01. The van der Waals surface area contributed by atoms with Gasteiger partial charge in [0.05, 0.1) is 6.10 Å². The Labute approximate surface area is 83.6 Å². The van der Waals surface area contributed by atoms with Gasteiger partial charge in [0.25, 0.3) is 0 Å². The van der Waals surface area contributed by atoms with Crippen LogP contribution in [0.2, 0.25) is 0 Å². The molecule has 0 spiro atoms. The minimum absolute atomic E-state index is 0.154. The monoisotopic (exact) mass is 199 g/mol. The molecule has 2 unspecified atom stereocenters. The summed E-state index contributed by atoms with van der Waals surface area (Å²) >= 11 is 1.76. The lowest BCUT2D eigenvalue weighted by molar-refractivity contribution is 0.152. The van der Waals surface area contributed by atoms with Crippen molar-refractivity contribution in [2.45, 2.75) is 39.5 Å². The van der Waals surface area contributed by atoms with Crippen LogP contribution in [0.3, 0.4) is 0 Å². The summed E-state index contributed by atoms with van der Waals surface area (Å²) in [5.41, 5.74) is 1.33. The zero-order valence-electron chi connectivity index (χ0n) is 8.37. The van der Waals surface area contributed by atoms with Gasteiger partial charge in [-0.15, -0.1) is 11.3 Å². The lowest BCUT2D eigenvalue weighted by atomic mass is 10.2. The summed E-state index contributed by atoms with van der Waals surface area (Å²) in [7, 11) is 0. The molecule has 2 nitrogen and oxygen atoms in total. The van der Waals surface area contributed by atoms with Gasteiger partial charge in [0.15, 0.2) is 0 Å². The first-order valence-corrected chi connectivity index (χ1v) is 5.43. The third-order valence-electron chi connectivity index (χ3n) is 2.28. The predicted octanol–water partition coefficient (Wildman–Crippen LogP) is 1.92. The Bertz CT molecular complexity index is 257. The summed E-state index contributed by atoms with van der Waals surface area (Å²) < 4.78 is 0. The number of aliphatic hydroxyl groups is 1. The molecule has 1 rings (SSSR count). The van der Waals surface area contributed by atoms with Gasteiger partial charge in [-0.05, 0) is 37.8 Å². The molecule has 2 N–H and O–H groups in total. The first-order chi connectivity index (χ1) is 6.11. The van der Waals surface area contributed by atoms with E-state index in [1.165, 1.54) is 10.4 Å². The number of aryl methyl sites for hydroxylation is 1. The predicted molar refractivity (Wildman–Crippen MR) is 57.0 cm³/mol. The Hall–Kier alpha value is -0.380. The van der Waals surface area contributed by atoms with Crippen LogP contribution in [0.4, 0.5) is 0 Å². The molecule has 1 aromatic heterocycles. The van der Waals surface area contributed by atoms with Crippen molar-refractivity contribution in [1.29, 1.82) is 0 Å². The van der Waals surface area contributed by atoms with E-state index in [1.54, 1.807) is 18.3 Å². The maximum atomic E-state index is 9.26. The number of aliphatic hydroxyl groups excluding tert-OH is 1. The molecule has 0 fully saturated rings. The SMILES string of the molecule is Cc1ccsc1CNC(C)C(C)O. The van der Waals surface area contributed by atoms with Crippen LogP contribution in [-0.4, -0.2) is 17.3 Å². The Morgan fingerprint density at radius 2 is 2.23 bits per heavy atom. The van der Waals surface area contributed by atoms with E-state index in [9.17, 15) is 5.11 Å². The van der Waals surface area contributed by atoms with Crippen LogP contribution >= 0.6 is 11.3 Å². The van der Waals surface area contributed by atoms with Crippen molar-refractivity contribution >= 4 is 11.3 Å². The summed E-state index contributed by atoms with van der Waals surface area (Å²) in [6.07, 6.45) is -0.291. The van der Waals surface area contributed by atoms with Crippen molar-refractivity contribution < 1.29 is 5.11 Å². The maximum Gasteiger partial charge on any atom is 0.0662 e. The summed E-state index contributed by atoms with van der Waals surface area (Å²) in [6.45, 7) is 6.77. The number of hydrogen-bond donors (Lipinski definition) is 2. The van der Waals surface area contributed by atoms with E-state index in [1.807, 2.05) is 6.92 Å². The second kappa shape index (κ2) is 4.74. The lowest BCUT2D eigenvalue weighted by Gasteiger charge is -2.16. The molecule has 13 heavy (non-hydrogen) atoms. The second-order valence-electron chi connectivity index (χ2n) is 3.44. The minimum Gasteiger partial charge on any atom is -0.392 e. The van der Waals surface area contributed by atoms with E-state index in [0.29, 0.717) is 0 Å². The molecule has 1 aromatic rings. The molecule has 74 valence electrons. The average molecular weight is 199 g/mol. The van der Waals surface area contributed by atoms with Gasteiger partial charge in [-0.2, -0.15) is 0 Å². The Balaban J connectivity index is 2.39. The van der Waals surface area contributed by atoms with Crippen LogP contribution in [0.15, 0.2) is 11.4 Å². The molecule has 0 aromatic carbocycles. The fraction of sp³-hybridized carbons (Fsp3) is 0.600. The molecule has 0 aliphatic carbocycles. The van der Waals surface area contributed by atoms with Crippen LogP contribution < -0.4 is 5.32 Å². The molecule has 0 saturated carbocycles. The Morgan fingerprint density at radius 1 is 1.54 bits per heavy atom. The highest BCUT2D eigenvalue weighted by atomic mass is 32.1. The smallest absolute Gasteiger partial charge is 0.0662 e. The summed E-state index contributed by atoms with van der Waals surface area (Å²) in [4.78, 5) is 1.35. The van der Waals surface area contributed by atoms with Crippen LogP contribution in [-0.2, 0) is 6.54 Å². The third-order valence-corrected chi connectivity index (χ3v) is 3.30. The lowest BCUT2D eigenvalue weighted by Crippen LogP contribution is -2.34. The molecule has 1 heterocycles. The van der Waals surface area contributed by atoms with Gasteiger partial charge in [0.2, 0.25) is 0 Å². The first kappa shape index (κ1) is 10.7. The molecule has 3 heteroatoms. The van der Waals surface area contributed by atoms with E-state index >= 15 is 0 Å². The molecule has 0 aliphatic heterocycles. The molecular formula is C10H17NOS. The van der Waals surface area contributed by atoms with Crippen LogP contribution in [0.1, 0.15) is 24.3 Å². The maximum absolute atomic E-state index is 9.26. The Morgan fingerprint density at radius 3 is 2.69 bits per heavy atom. The largest absolute Gasteiger partial charge is 0.392 e. The standard InChI is InChI=1S/C10H17NOS/c1-7-4-5-13-10(7)6-11-8(2)9(3)12/h4-5,8-9,11-12H,6H2,1-3H3. The van der Waals surface area contributed by atoms with E-state index < -0.39 is 0 Å². The van der Waals surface area contributed by atoms with Gasteiger partial charge >= 0.3 is 0 Å². The van der Waals surface area contributed by atoms with Crippen LogP contribution in [0.5, 0.6) is 0 Å². The number of hydrogen-bond acceptors (Lipinski definition) is 3. The molecular weight excluding hydrogens is 182 g/mol. The van der Waals surface area contributed by atoms with Gasteiger partial charge in [-0.3, -0.25) is 0 Å². The summed E-state index contributed by atoms with van der Waals surface area (Å²) in [5.74, 6) is 0. The normalized spacial score (nSPS) is 15.7. The van der Waals surface area contributed by atoms with E-state index in [4.69, 9.17) is 0 Å². The van der Waals surface area contributed by atoms with Gasteiger partial charge in [0, 0.05) is 17.5 Å². The van der Waals surface area contributed by atoms with Crippen LogP contribution in [0, 0.1) is 6.92 Å². The van der Waals surface area contributed by atoms with Gasteiger partial charge < -0.3 is 10.4 Å². The number of nitrogens with one attached hydrogen (secondary N) is 1. The number of rotatable bonds is 4. The number of thiophene rings is 1. The minimum atomic E-state index is -0.291. The van der Waals surface area contributed by atoms with Crippen molar-refractivity contribution in [1.82, 2.24) is 5.32 Å². The first-order valence-electron chi connectivity index (χ1n) is 4.55. The quantitative estimate of drug-likeness (QED) is 0.776. The van der Waals surface area contributed by atoms with Crippen molar-refractivity contribution in [3.63, 3.8) is 0 Å². The zero-order chi connectivity index (χ0) is 9.84. The van der Waals surface area contributed by atoms with Gasteiger partial charge in [0.1, 0.15) is 0 Å². The molecule has 0 aliphatic rings. The molecule has 0 amide bonds. The van der Waals surface area contributed by atoms with Gasteiger partial charge in [-0.1, -0.05) is 0 Å². The highest BCUT2D eigenvalue weighted by Crippen LogP contribution is 2.15. The third kappa shape index (κ3) is 3.10. The van der Waals surface area contributed by atoms with E-state index in [0.717, 1.165) is 6.54 Å². The molecule has 0 radical (unpaired) electrons. The van der Waals surface area contributed by atoms with Gasteiger partial charge in [-0.25, -0.2) is 0 Å². The molecule has 2 atom stereocenters. The van der Waals surface area contributed by atoms with Crippen LogP contribution in [0.25, 0.3) is 0 Å².